The van der Waals surface area contributed by atoms with Crippen molar-refractivity contribution in [3.8, 4) is 0 Å². The maximum Gasteiger partial charge on any atom is 0.322 e. The first-order valence-corrected chi connectivity index (χ1v) is 4.61. The molecule has 14 heavy (non-hydrogen) atoms. The Hall–Kier alpha value is -1.71. The highest BCUT2D eigenvalue weighted by Crippen LogP contribution is 2.22. The number of anilines is 2. The van der Waals surface area contributed by atoms with Gasteiger partial charge in [-0.25, -0.2) is 4.79 Å². The van der Waals surface area contributed by atoms with Crippen molar-refractivity contribution in [3.63, 3.8) is 0 Å². The minimum Gasteiger partial charge on any atom is -0.399 e. The van der Waals surface area contributed by atoms with Crippen LogP contribution in [0, 0.1) is 0 Å². The van der Waals surface area contributed by atoms with Crippen LogP contribution in [0.3, 0.4) is 0 Å². The molecule has 0 radical (unpaired) electrons. The van der Waals surface area contributed by atoms with E-state index in [1.807, 2.05) is 25.1 Å². The van der Waals surface area contributed by atoms with Crippen LogP contribution in [-0.4, -0.2) is 18.6 Å². The van der Waals surface area contributed by atoms with Crippen LogP contribution in [0.5, 0.6) is 0 Å². The molecule has 1 aromatic carbocycles. The van der Waals surface area contributed by atoms with Crippen LogP contribution in [-0.2, 0) is 0 Å². The van der Waals surface area contributed by atoms with Crippen LogP contribution >= 0.6 is 0 Å². The molecule has 0 spiro atoms. The van der Waals surface area contributed by atoms with Crippen molar-refractivity contribution < 1.29 is 4.79 Å². The molecule has 1 fully saturated rings. The molecular formula is C10H13N3O. The van der Waals surface area contributed by atoms with E-state index in [1.165, 1.54) is 0 Å². The molecule has 0 saturated carbocycles. The number of carbonyl (C=O) groups excluding carboxylic acids is 1. The van der Waals surface area contributed by atoms with E-state index in [2.05, 4.69) is 5.32 Å². The van der Waals surface area contributed by atoms with E-state index in [4.69, 9.17) is 5.73 Å². The minimum atomic E-state index is -0.0527. The zero-order valence-electron chi connectivity index (χ0n) is 8.03. The number of urea groups is 1. The van der Waals surface area contributed by atoms with Gasteiger partial charge in [-0.1, -0.05) is 6.07 Å². The third kappa shape index (κ3) is 1.39. The quantitative estimate of drug-likeness (QED) is 0.655. The summed E-state index contributed by atoms with van der Waals surface area (Å²) in [5.74, 6) is 0. The minimum absolute atomic E-state index is 0.0527. The summed E-state index contributed by atoms with van der Waals surface area (Å²) < 4.78 is 0. The lowest BCUT2D eigenvalue weighted by Gasteiger charge is -2.19. The Labute approximate surface area is 82.7 Å². The second-order valence-electron chi connectivity index (χ2n) is 3.50. The monoisotopic (exact) mass is 191 g/mol. The van der Waals surface area contributed by atoms with Gasteiger partial charge in [0, 0.05) is 17.9 Å². The van der Waals surface area contributed by atoms with Gasteiger partial charge in [-0.15, -0.1) is 0 Å². The van der Waals surface area contributed by atoms with Crippen molar-refractivity contribution >= 4 is 17.4 Å². The van der Waals surface area contributed by atoms with Gasteiger partial charge in [-0.2, -0.15) is 0 Å². The molecule has 1 heterocycles. The largest absolute Gasteiger partial charge is 0.399 e. The molecule has 1 saturated heterocycles. The summed E-state index contributed by atoms with van der Waals surface area (Å²) in [6, 6.07) is 7.48. The molecule has 0 aliphatic carbocycles. The maximum absolute atomic E-state index is 11.5. The van der Waals surface area contributed by atoms with Crippen molar-refractivity contribution in [2.75, 3.05) is 17.2 Å². The molecule has 74 valence electrons. The summed E-state index contributed by atoms with van der Waals surface area (Å²) in [6.45, 7) is 2.69. The van der Waals surface area contributed by atoms with E-state index in [9.17, 15) is 4.79 Å². The number of hydrogen-bond acceptors (Lipinski definition) is 2. The Balaban J connectivity index is 2.34. The standard InChI is InChI=1S/C10H13N3O/c1-7-6-12-10(14)13(7)9-4-2-3-8(11)5-9/h2-5,7H,6,11H2,1H3,(H,12,14)/t7-/m1/s1. The third-order valence-electron chi connectivity index (χ3n) is 2.36. The normalized spacial score (nSPS) is 21.1. The predicted molar refractivity (Wildman–Crippen MR) is 56.2 cm³/mol. The summed E-state index contributed by atoms with van der Waals surface area (Å²) in [4.78, 5) is 13.2. The van der Waals surface area contributed by atoms with Crippen LogP contribution in [0.2, 0.25) is 0 Å². The number of carbonyl (C=O) groups is 1. The Morgan fingerprint density at radius 1 is 1.57 bits per heavy atom. The van der Waals surface area contributed by atoms with Gasteiger partial charge in [0.05, 0.1) is 6.04 Å². The Morgan fingerprint density at radius 2 is 2.36 bits per heavy atom. The molecule has 2 rings (SSSR count). The second-order valence-corrected chi connectivity index (χ2v) is 3.50. The fourth-order valence-corrected chi connectivity index (χ4v) is 1.66. The first-order chi connectivity index (χ1) is 6.68. The number of nitrogens with two attached hydrogens (primary N) is 1. The highest BCUT2D eigenvalue weighted by Gasteiger charge is 2.28. The summed E-state index contributed by atoms with van der Waals surface area (Å²) in [7, 11) is 0. The van der Waals surface area contributed by atoms with E-state index >= 15 is 0 Å². The van der Waals surface area contributed by atoms with Gasteiger partial charge in [0.2, 0.25) is 0 Å². The molecule has 2 amide bonds. The number of rotatable bonds is 1. The van der Waals surface area contributed by atoms with E-state index in [0.717, 1.165) is 5.69 Å². The number of amides is 2. The summed E-state index contributed by atoms with van der Waals surface area (Å²) in [5, 5.41) is 2.78. The van der Waals surface area contributed by atoms with Gasteiger partial charge >= 0.3 is 6.03 Å². The van der Waals surface area contributed by atoms with Crippen LogP contribution in [0.25, 0.3) is 0 Å². The third-order valence-corrected chi connectivity index (χ3v) is 2.36. The van der Waals surface area contributed by atoms with Gasteiger partial charge < -0.3 is 11.1 Å². The number of nitrogens with one attached hydrogen (secondary N) is 1. The Bertz CT molecular complexity index is 364. The van der Waals surface area contributed by atoms with Crippen molar-refractivity contribution in [2.24, 2.45) is 0 Å². The Morgan fingerprint density at radius 3 is 2.93 bits per heavy atom. The zero-order valence-corrected chi connectivity index (χ0v) is 8.03. The molecule has 1 aliphatic rings. The number of hydrogen-bond donors (Lipinski definition) is 2. The molecule has 1 atom stereocenters. The van der Waals surface area contributed by atoms with Crippen LogP contribution in [0.1, 0.15) is 6.92 Å². The van der Waals surface area contributed by atoms with E-state index in [0.29, 0.717) is 12.2 Å². The Kier molecular flexibility index (Phi) is 2.04. The van der Waals surface area contributed by atoms with Crippen LogP contribution in [0.4, 0.5) is 16.2 Å². The topological polar surface area (TPSA) is 58.4 Å². The highest BCUT2D eigenvalue weighted by molar-refractivity contribution is 5.95. The van der Waals surface area contributed by atoms with Crippen molar-refractivity contribution in [2.45, 2.75) is 13.0 Å². The molecular weight excluding hydrogens is 178 g/mol. The molecule has 0 aromatic heterocycles. The first kappa shape index (κ1) is 8.87. The highest BCUT2D eigenvalue weighted by atomic mass is 16.2. The fourth-order valence-electron chi connectivity index (χ4n) is 1.66. The molecule has 1 aliphatic heterocycles. The number of benzene rings is 1. The van der Waals surface area contributed by atoms with E-state index in [1.54, 1.807) is 11.0 Å². The summed E-state index contributed by atoms with van der Waals surface area (Å²) in [5.41, 5.74) is 7.19. The lowest BCUT2D eigenvalue weighted by molar-refractivity contribution is 0.252. The zero-order chi connectivity index (χ0) is 10.1. The lowest BCUT2D eigenvalue weighted by Crippen LogP contribution is -2.32. The van der Waals surface area contributed by atoms with Gasteiger partial charge in [0.15, 0.2) is 0 Å². The maximum atomic E-state index is 11.5. The number of nitrogen functional groups attached to an aromatic ring is 1. The fraction of sp³-hybridized carbons (Fsp3) is 0.300. The van der Waals surface area contributed by atoms with Crippen LogP contribution in [0.15, 0.2) is 24.3 Å². The van der Waals surface area contributed by atoms with Gasteiger partial charge in [0.25, 0.3) is 0 Å². The first-order valence-electron chi connectivity index (χ1n) is 4.61. The SMILES string of the molecule is C[C@@H]1CNC(=O)N1c1cccc(N)c1. The summed E-state index contributed by atoms with van der Waals surface area (Å²) in [6.07, 6.45) is 0. The molecule has 0 bridgehead atoms. The van der Waals surface area contributed by atoms with Crippen molar-refractivity contribution in [3.05, 3.63) is 24.3 Å². The molecule has 3 N–H and O–H groups in total. The van der Waals surface area contributed by atoms with Gasteiger partial charge in [0.1, 0.15) is 0 Å². The van der Waals surface area contributed by atoms with E-state index < -0.39 is 0 Å². The van der Waals surface area contributed by atoms with Gasteiger partial charge in [-0.05, 0) is 25.1 Å². The van der Waals surface area contributed by atoms with Gasteiger partial charge in [-0.3, -0.25) is 4.90 Å². The number of nitrogens with zero attached hydrogens (tertiary/aromatic N) is 1. The second kappa shape index (κ2) is 3.21. The van der Waals surface area contributed by atoms with Crippen LogP contribution < -0.4 is 16.0 Å². The van der Waals surface area contributed by atoms with Crippen molar-refractivity contribution in [1.29, 1.82) is 0 Å². The van der Waals surface area contributed by atoms with E-state index in [-0.39, 0.29) is 12.1 Å². The summed E-state index contributed by atoms with van der Waals surface area (Å²) >= 11 is 0. The predicted octanol–water partition coefficient (Wildman–Crippen LogP) is 1.19. The average Bonchev–Trinajstić information content (AvgIpc) is 2.46. The molecule has 1 aromatic rings. The van der Waals surface area contributed by atoms with Crippen molar-refractivity contribution in [1.82, 2.24) is 5.32 Å². The smallest absolute Gasteiger partial charge is 0.322 e. The average molecular weight is 191 g/mol. The lowest BCUT2D eigenvalue weighted by atomic mass is 10.2. The molecule has 4 nitrogen and oxygen atoms in total. The molecule has 0 unspecified atom stereocenters. The molecule has 4 heteroatoms.